The van der Waals surface area contributed by atoms with Gasteiger partial charge in [0.1, 0.15) is 22.9 Å². The summed E-state index contributed by atoms with van der Waals surface area (Å²) in [6.07, 6.45) is 2.47. The SMILES string of the molecule is Cc1noc2cc(F)c(N3CCCN(CCn4c(C(=O)O)c(C)c5c4nc(N)n4nc(-c6ccccn6)nc54)CC3)cc12. The molecule has 6 aromatic rings. The first-order valence-electron chi connectivity index (χ1n) is 14.0. The van der Waals surface area contributed by atoms with Crippen molar-refractivity contribution >= 4 is 45.3 Å². The molecule has 13 nitrogen and oxygen atoms in total. The smallest absolute Gasteiger partial charge is 0.352 e. The van der Waals surface area contributed by atoms with E-state index < -0.39 is 5.97 Å². The third-order valence-electron chi connectivity index (χ3n) is 8.13. The molecule has 3 N–H and O–H groups in total. The molecule has 0 radical (unpaired) electrons. The summed E-state index contributed by atoms with van der Waals surface area (Å²) in [5.74, 6) is -0.935. The number of aromatic nitrogens is 7. The van der Waals surface area contributed by atoms with Gasteiger partial charge in [-0.15, -0.1) is 5.10 Å². The molecule has 0 amide bonds. The Hall–Kier alpha value is -5.11. The lowest BCUT2D eigenvalue weighted by Crippen LogP contribution is -2.33. The fourth-order valence-corrected chi connectivity index (χ4v) is 5.99. The van der Waals surface area contributed by atoms with E-state index in [4.69, 9.17) is 10.3 Å². The number of benzene rings is 1. The van der Waals surface area contributed by atoms with Crippen LogP contribution >= 0.6 is 0 Å². The fraction of sp³-hybridized carbons (Fsp3) is 0.310. The minimum atomic E-state index is -1.06. The van der Waals surface area contributed by atoms with E-state index in [1.807, 2.05) is 17.9 Å². The number of aromatic carboxylic acids is 1. The Labute approximate surface area is 244 Å². The largest absolute Gasteiger partial charge is 0.477 e. The van der Waals surface area contributed by atoms with Crippen LogP contribution in [0.1, 0.15) is 28.2 Å². The summed E-state index contributed by atoms with van der Waals surface area (Å²) in [6.45, 7) is 7.30. The molecule has 5 aromatic heterocycles. The summed E-state index contributed by atoms with van der Waals surface area (Å²) in [4.78, 5) is 30.4. The minimum Gasteiger partial charge on any atom is -0.477 e. The number of carbonyl (C=O) groups is 1. The molecule has 0 bridgehead atoms. The fourth-order valence-electron chi connectivity index (χ4n) is 5.99. The molecule has 43 heavy (non-hydrogen) atoms. The van der Waals surface area contributed by atoms with Crippen molar-refractivity contribution in [1.82, 2.24) is 39.2 Å². The standard InChI is InChI=1S/C29H29FN10O3/c1-16-23-26(34-29(31)40-27(23)33-25(35-40)20-6-3-4-7-32-20)39(24(16)28(41)42)13-11-37-8-5-9-38(12-10-37)21-14-18-17(2)36-43-22(18)15-19(21)30/h3-4,6-7,14-15H,5,8-13H2,1-2H3,(H2,31,34)(H,41,42). The van der Waals surface area contributed by atoms with Gasteiger partial charge in [-0.25, -0.2) is 14.2 Å². The molecule has 7 rings (SSSR count). The monoisotopic (exact) mass is 584 g/mol. The molecule has 0 saturated carbocycles. The van der Waals surface area contributed by atoms with Gasteiger partial charge in [-0.3, -0.25) is 9.88 Å². The van der Waals surface area contributed by atoms with E-state index in [9.17, 15) is 14.3 Å². The number of hydrogen-bond acceptors (Lipinski definition) is 10. The predicted molar refractivity (Wildman–Crippen MR) is 158 cm³/mol. The maximum Gasteiger partial charge on any atom is 0.352 e. The van der Waals surface area contributed by atoms with Crippen molar-refractivity contribution in [3.8, 4) is 11.5 Å². The van der Waals surface area contributed by atoms with Crippen molar-refractivity contribution in [2.75, 3.05) is 43.4 Å². The van der Waals surface area contributed by atoms with Crippen LogP contribution in [-0.4, -0.2) is 83.0 Å². The number of rotatable bonds is 6. The van der Waals surface area contributed by atoms with Crippen molar-refractivity contribution < 1.29 is 18.8 Å². The van der Waals surface area contributed by atoms with E-state index >= 15 is 0 Å². The quantitative estimate of drug-likeness (QED) is 0.295. The third kappa shape index (κ3) is 4.50. The van der Waals surface area contributed by atoms with Crippen molar-refractivity contribution in [2.24, 2.45) is 0 Å². The van der Waals surface area contributed by atoms with Gasteiger partial charge in [-0.1, -0.05) is 11.2 Å². The summed E-state index contributed by atoms with van der Waals surface area (Å²) < 4.78 is 23.3. The summed E-state index contributed by atoms with van der Waals surface area (Å²) in [6, 6.07) is 8.63. The molecule has 220 valence electrons. The number of fused-ring (bicyclic) bond motifs is 4. The van der Waals surface area contributed by atoms with Crippen LogP contribution in [0.15, 0.2) is 41.1 Å². The Morgan fingerprint density at radius 1 is 1.09 bits per heavy atom. The average Bonchev–Trinajstić information content (AvgIpc) is 3.61. The number of anilines is 2. The highest BCUT2D eigenvalue weighted by Crippen LogP contribution is 2.31. The van der Waals surface area contributed by atoms with Gasteiger partial charge in [0.2, 0.25) is 11.8 Å². The lowest BCUT2D eigenvalue weighted by molar-refractivity contribution is 0.0684. The Morgan fingerprint density at radius 2 is 1.95 bits per heavy atom. The topological polar surface area (TPSA) is 157 Å². The highest BCUT2D eigenvalue weighted by atomic mass is 19.1. The molecule has 14 heteroatoms. The second kappa shape index (κ2) is 10.3. The molecule has 1 fully saturated rings. The number of nitrogen functional groups attached to an aromatic ring is 1. The van der Waals surface area contributed by atoms with Crippen LogP contribution in [0.25, 0.3) is 39.2 Å². The van der Waals surface area contributed by atoms with Crippen molar-refractivity contribution in [2.45, 2.75) is 26.8 Å². The summed E-state index contributed by atoms with van der Waals surface area (Å²) >= 11 is 0. The molecule has 6 heterocycles. The van der Waals surface area contributed by atoms with Crippen molar-refractivity contribution in [3.05, 3.63) is 59.3 Å². The number of hydrogen-bond donors (Lipinski definition) is 2. The van der Waals surface area contributed by atoms with E-state index in [1.54, 1.807) is 35.9 Å². The molecule has 1 saturated heterocycles. The van der Waals surface area contributed by atoms with Crippen LogP contribution < -0.4 is 10.6 Å². The average molecular weight is 585 g/mol. The molecule has 1 aromatic carbocycles. The Morgan fingerprint density at radius 3 is 2.74 bits per heavy atom. The normalized spacial score (nSPS) is 14.7. The predicted octanol–water partition coefficient (Wildman–Crippen LogP) is 3.53. The lowest BCUT2D eigenvalue weighted by Gasteiger charge is -2.24. The van der Waals surface area contributed by atoms with Crippen molar-refractivity contribution in [1.29, 1.82) is 0 Å². The lowest BCUT2D eigenvalue weighted by atomic mass is 10.1. The molecule has 1 aliphatic rings. The zero-order valence-corrected chi connectivity index (χ0v) is 23.7. The van der Waals surface area contributed by atoms with Crippen LogP contribution in [0.2, 0.25) is 0 Å². The van der Waals surface area contributed by atoms with E-state index in [0.717, 1.165) is 24.0 Å². The van der Waals surface area contributed by atoms with Gasteiger partial charge in [0.15, 0.2) is 11.2 Å². The van der Waals surface area contributed by atoms with Crippen LogP contribution in [-0.2, 0) is 6.54 Å². The summed E-state index contributed by atoms with van der Waals surface area (Å²) in [7, 11) is 0. The van der Waals surface area contributed by atoms with Gasteiger partial charge in [0.25, 0.3) is 0 Å². The second-order valence-corrected chi connectivity index (χ2v) is 10.7. The molecule has 0 atom stereocenters. The third-order valence-corrected chi connectivity index (χ3v) is 8.13. The molecular formula is C29H29FN10O3. The Bertz CT molecular complexity index is 2020. The zero-order chi connectivity index (χ0) is 29.8. The maximum atomic E-state index is 15.0. The van der Waals surface area contributed by atoms with Gasteiger partial charge >= 0.3 is 5.97 Å². The number of aryl methyl sites for hydroxylation is 2. The molecule has 0 spiro atoms. The first kappa shape index (κ1) is 26.8. The number of halogens is 1. The summed E-state index contributed by atoms with van der Waals surface area (Å²) in [5.41, 5.74) is 10.1. The van der Waals surface area contributed by atoms with E-state index in [1.165, 1.54) is 10.6 Å². The number of pyridine rings is 1. The summed E-state index contributed by atoms with van der Waals surface area (Å²) in [5, 5.41) is 20.0. The number of nitrogens with zero attached hydrogens (tertiary/aromatic N) is 9. The molecule has 0 aliphatic carbocycles. The number of carboxylic acids is 1. The van der Waals surface area contributed by atoms with Gasteiger partial charge < -0.3 is 24.8 Å². The Balaban J connectivity index is 1.17. The van der Waals surface area contributed by atoms with E-state index in [2.05, 4.69) is 30.1 Å². The molecular weight excluding hydrogens is 555 g/mol. The van der Waals surface area contributed by atoms with E-state index in [-0.39, 0.29) is 17.5 Å². The second-order valence-electron chi connectivity index (χ2n) is 10.7. The zero-order valence-electron chi connectivity index (χ0n) is 23.7. The van der Waals surface area contributed by atoms with Gasteiger partial charge in [0, 0.05) is 50.4 Å². The maximum absolute atomic E-state index is 15.0. The molecule has 1 aliphatic heterocycles. The number of carboxylic acid groups (broad SMARTS) is 1. The van der Waals surface area contributed by atoms with Gasteiger partial charge in [0.05, 0.1) is 16.8 Å². The van der Waals surface area contributed by atoms with Crippen LogP contribution in [0, 0.1) is 19.7 Å². The first-order chi connectivity index (χ1) is 20.8. The van der Waals surface area contributed by atoms with E-state index in [0.29, 0.717) is 77.8 Å². The van der Waals surface area contributed by atoms with Crippen LogP contribution in [0.3, 0.4) is 0 Å². The number of nitrogens with two attached hydrogens (primary N) is 1. The van der Waals surface area contributed by atoms with Gasteiger partial charge in [-0.2, -0.15) is 9.50 Å². The minimum absolute atomic E-state index is 0.0975. The highest BCUT2D eigenvalue weighted by Gasteiger charge is 2.27. The Kier molecular flexibility index (Phi) is 6.42. The highest BCUT2D eigenvalue weighted by molar-refractivity contribution is 6.02. The van der Waals surface area contributed by atoms with Gasteiger partial charge in [-0.05, 0) is 50.6 Å². The van der Waals surface area contributed by atoms with Crippen LogP contribution in [0.4, 0.5) is 16.0 Å². The van der Waals surface area contributed by atoms with Crippen LogP contribution in [0.5, 0.6) is 0 Å². The van der Waals surface area contributed by atoms with Crippen molar-refractivity contribution in [3.63, 3.8) is 0 Å². The molecule has 0 unspecified atom stereocenters. The first-order valence-corrected chi connectivity index (χ1v) is 14.0.